The summed E-state index contributed by atoms with van der Waals surface area (Å²) in [6.07, 6.45) is 1.81. The smallest absolute Gasteiger partial charge is 0.245 e. The number of carbonyl (C=O) groups is 2. The molecule has 0 saturated carbocycles. The molecule has 114 valence electrons. The van der Waals surface area contributed by atoms with E-state index in [1.807, 2.05) is 49.1 Å². The maximum absolute atomic E-state index is 12.8. The second-order valence-electron chi connectivity index (χ2n) is 5.87. The minimum absolute atomic E-state index is 0.0338. The first kappa shape index (κ1) is 15.5. The maximum Gasteiger partial charge on any atom is 0.245 e. The van der Waals surface area contributed by atoms with Gasteiger partial charge in [-0.1, -0.05) is 37.3 Å². The Hall–Kier alpha value is -1.84. The van der Waals surface area contributed by atoms with Crippen LogP contribution in [0.4, 0.5) is 0 Å². The van der Waals surface area contributed by atoms with E-state index in [-0.39, 0.29) is 23.9 Å². The molecule has 1 heterocycles. The zero-order chi connectivity index (χ0) is 15.4. The van der Waals surface area contributed by atoms with Gasteiger partial charge in [-0.05, 0) is 25.8 Å². The standard InChI is InChI=1S/C17H24N2O2/c1-4-12(2)19-13(3)10-16(20)18-15(17(19)21)11-14-8-6-5-7-9-14/h5-9,12-13,15H,4,10-11H2,1-3H3,(H,18,20). The highest BCUT2D eigenvalue weighted by Gasteiger charge is 2.35. The van der Waals surface area contributed by atoms with E-state index in [0.29, 0.717) is 12.8 Å². The molecule has 2 amide bonds. The molecule has 1 aromatic rings. The van der Waals surface area contributed by atoms with Gasteiger partial charge in [-0.2, -0.15) is 0 Å². The molecule has 1 aromatic carbocycles. The van der Waals surface area contributed by atoms with Crippen LogP contribution >= 0.6 is 0 Å². The molecular weight excluding hydrogens is 264 g/mol. The van der Waals surface area contributed by atoms with Gasteiger partial charge in [-0.25, -0.2) is 0 Å². The third-order valence-corrected chi connectivity index (χ3v) is 4.19. The van der Waals surface area contributed by atoms with Crippen molar-refractivity contribution in [2.45, 2.75) is 58.2 Å². The maximum atomic E-state index is 12.8. The molecule has 2 rings (SSSR count). The van der Waals surface area contributed by atoms with Gasteiger partial charge in [0.05, 0.1) is 0 Å². The average Bonchev–Trinajstić information content (AvgIpc) is 2.56. The van der Waals surface area contributed by atoms with E-state index in [1.165, 1.54) is 0 Å². The molecule has 0 radical (unpaired) electrons. The number of hydrogen-bond acceptors (Lipinski definition) is 2. The van der Waals surface area contributed by atoms with Crippen LogP contribution in [0.1, 0.15) is 39.2 Å². The normalized spacial score (nSPS) is 24.4. The number of rotatable bonds is 4. The van der Waals surface area contributed by atoms with Crippen molar-refractivity contribution in [1.82, 2.24) is 10.2 Å². The van der Waals surface area contributed by atoms with Crippen molar-refractivity contribution in [2.75, 3.05) is 0 Å². The van der Waals surface area contributed by atoms with Gasteiger partial charge in [-0.15, -0.1) is 0 Å². The Morgan fingerprint density at radius 2 is 1.95 bits per heavy atom. The topological polar surface area (TPSA) is 49.4 Å². The summed E-state index contributed by atoms with van der Waals surface area (Å²) >= 11 is 0. The lowest BCUT2D eigenvalue weighted by atomic mass is 10.0. The molecule has 3 unspecified atom stereocenters. The molecule has 0 bridgehead atoms. The minimum Gasteiger partial charge on any atom is -0.344 e. The van der Waals surface area contributed by atoms with Crippen LogP contribution in [0.15, 0.2) is 30.3 Å². The fraction of sp³-hybridized carbons (Fsp3) is 0.529. The summed E-state index contributed by atoms with van der Waals surface area (Å²) in [5.41, 5.74) is 1.06. The molecule has 1 aliphatic rings. The fourth-order valence-electron chi connectivity index (χ4n) is 2.92. The third-order valence-electron chi connectivity index (χ3n) is 4.19. The summed E-state index contributed by atoms with van der Waals surface area (Å²) in [6.45, 7) is 6.06. The van der Waals surface area contributed by atoms with Crippen molar-refractivity contribution in [3.05, 3.63) is 35.9 Å². The number of hydrogen-bond donors (Lipinski definition) is 1. The SMILES string of the molecule is CCC(C)N1C(=O)C(Cc2ccccc2)NC(=O)CC1C. The van der Waals surface area contributed by atoms with Crippen molar-refractivity contribution in [3.63, 3.8) is 0 Å². The lowest BCUT2D eigenvalue weighted by Crippen LogP contribution is -2.50. The van der Waals surface area contributed by atoms with Gasteiger partial charge in [0.2, 0.25) is 11.8 Å². The van der Waals surface area contributed by atoms with Crippen molar-refractivity contribution < 1.29 is 9.59 Å². The molecule has 4 heteroatoms. The second-order valence-corrected chi connectivity index (χ2v) is 5.87. The summed E-state index contributed by atoms with van der Waals surface area (Å²) in [5, 5.41) is 2.89. The Morgan fingerprint density at radius 3 is 2.57 bits per heavy atom. The van der Waals surface area contributed by atoms with Crippen molar-refractivity contribution in [2.24, 2.45) is 0 Å². The van der Waals surface area contributed by atoms with E-state index < -0.39 is 6.04 Å². The van der Waals surface area contributed by atoms with Crippen LogP contribution in [0.5, 0.6) is 0 Å². The molecule has 4 nitrogen and oxygen atoms in total. The molecule has 1 aliphatic heterocycles. The summed E-state index contributed by atoms with van der Waals surface area (Å²) < 4.78 is 0. The molecular formula is C17H24N2O2. The van der Waals surface area contributed by atoms with Gasteiger partial charge in [0, 0.05) is 24.9 Å². The van der Waals surface area contributed by atoms with E-state index in [9.17, 15) is 9.59 Å². The van der Waals surface area contributed by atoms with E-state index in [0.717, 1.165) is 12.0 Å². The quantitative estimate of drug-likeness (QED) is 0.922. The van der Waals surface area contributed by atoms with E-state index in [1.54, 1.807) is 0 Å². The minimum atomic E-state index is -0.459. The first-order valence-corrected chi connectivity index (χ1v) is 7.68. The first-order valence-electron chi connectivity index (χ1n) is 7.68. The Bertz CT molecular complexity index is 501. The largest absolute Gasteiger partial charge is 0.344 e. The lowest BCUT2D eigenvalue weighted by molar-refractivity contribution is -0.137. The molecule has 0 aliphatic carbocycles. The zero-order valence-electron chi connectivity index (χ0n) is 13.0. The second kappa shape index (κ2) is 6.74. The number of nitrogens with zero attached hydrogens (tertiary/aromatic N) is 1. The van der Waals surface area contributed by atoms with Crippen LogP contribution in [-0.2, 0) is 16.0 Å². The Morgan fingerprint density at radius 1 is 1.29 bits per heavy atom. The Labute approximate surface area is 126 Å². The third kappa shape index (κ3) is 3.63. The lowest BCUT2D eigenvalue weighted by Gasteiger charge is -2.34. The molecule has 3 atom stereocenters. The van der Waals surface area contributed by atoms with Gasteiger partial charge in [-0.3, -0.25) is 9.59 Å². The number of benzene rings is 1. The fourth-order valence-corrected chi connectivity index (χ4v) is 2.92. The van der Waals surface area contributed by atoms with Gasteiger partial charge in [0.1, 0.15) is 6.04 Å². The van der Waals surface area contributed by atoms with Crippen LogP contribution in [0.2, 0.25) is 0 Å². The van der Waals surface area contributed by atoms with E-state index >= 15 is 0 Å². The van der Waals surface area contributed by atoms with Gasteiger partial charge < -0.3 is 10.2 Å². The molecule has 1 saturated heterocycles. The predicted octanol–water partition coefficient (Wildman–Crippen LogP) is 2.13. The van der Waals surface area contributed by atoms with Crippen LogP contribution in [0, 0.1) is 0 Å². The highest BCUT2D eigenvalue weighted by molar-refractivity contribution is 5.90. The summed E-state index contributed by atoms with van der Waals surface area (Å²) in [6, 6.07) is 9.47. The summed E-state index contributed by atoms with van der Waals surface area (Å²) in [4.78, 5) is 26.7. The van der Waals surface area contributed by atoms with Crippen LogP contribution in [0.3, 0.4) is 0 Å². The zero-order valence-corrected chi connectivity index (χ0v) is 13.0. The van der Waals surface area contributed by atoms with Crippen molar-refractivity contribution in [3.8, 4) is 0 Å². The molecule has 21 heavy (non-hydrogen) atoms. The van der Waals surface area contributed by atoms with Crippen LogP contribution in [0.25, 0.3) is 0 Å². The van der Waals surface area contributed by atoms with Gasteiger partial charge >= 0.3 is 0 Å². The van der Waals surface area contributed by atoms with Crippen LogP contribution in [-0.4, -0.2) is 34.8 Å². The first-order chi connectivity index (χ1) is 10.0. The number of carbonyl (C=O) groups excluding carboxylic acids is 2. The average molecular weight is 288 g/mol. The monoisotopic (exact) mass is 288 g/mol. The highest BCUT2D eigenvalue weighted by atomic mass is 16.2. The molecule has 1 fully saturated rings. The van der Waals surface area contributed by atoms with E-state index in [4.69, 9.17) is 0 Å². The predicted molar refractivity (Wildman–Crippen MR) is 82.8 cm³/mol. The van der Waals surface area contributed by atoms with Crippen molar-refractivity contribution in [1.29, 1.82) is 0 Å². The number of amides is 2. The highest BCUT2D eigenvalue weighted by Crippen LogP contribution is 2.18. The van der Waals surface area contributed by atoms with Gasteiger partial charge in [0.15, 0.2) is 0 Å². The molecule has 1 N–H and O–H groups in total. The Balaban J connectivity index is 2.22. The molecule has 0 spiro atoms. The van der Waals surface area contributed by atoms with Gasteiger partial charge in [0.25, 0.3) is 0 Å². The summed E-state index contributed by atoms with van der Waals surface area (Å²) in [5.74, 6) is -0.00543. The van der Waals surface area contributed by atoms with Crippen LogP contribution < -0.4 is 5.32 Å². The summed E-state index contributed by atoms with van der Waals surface area (Å²) in [7, 11) is 0. The Kier molecular flexibility index (Phi) is 4.99. The molecule has 0 aromatic heterocycles. The van der Waals surface area contributed by atoms with E-state index in [2.05, 4.69) is 12.2 Å². The number of nitrogens with one attached hydrogen (secondary N) is 1. The van der Waals surface area contributed by atoms with Crippen molar-refractivity contribution >= 4 is 11.8 Å².